The van der Waals surface area contributed by atoms with Gasteiger partial charge < -0.3 is 15.5 Å². The third kappa shape index (κ3) is 3.99. The van der Waals surface area contributed by atoms with Crippen molar-refractivity contribution in [2.45, 2.75) is 20.4 Å². The quantitative estimate of drug-likeness (QED) is 0.838. The van der Waals surface area contributed by atoms with Crippen LogP contribution in [0.2, 0.25) is 0 Å². The molecule has 0 saturated carbocycles. The van der Waals surface area contributed by atoms with Gasteiger partial charge in [0.05, 0.1) is 0 Å². The summed E-state index contributed by atoms with van der Waals surface area (Å²) < 4.78 is 0. The van der Waals surface area contributed by atoms with Crippen LogP contribution in [0.5, 0.6) is 0 Å². The largest absolute Gasteiger partial charge is 0.398 e. The zero-order chi connectivity index (χ0) is 16.1. The van der Waals surface area contributed by atoms with Crippen LogP contribution in [0.15, 0.2) is 18.2 Å². The number of hydrogen-bond donors (Lipinski definition) is 1. The normalized spacial score (nSPS) is 16.7. The maximum atomic E-state index is 12.4. The Labute approximate surface area is 133 Å². The van der Waals surface area contributed by atoms with E-state index in [0.717, 1.165) is 57.1 Å². The molecule has 0 aromatic heterocycles. The van der Waals surface area contributed by atoms with Crippen LogP contribution in [0, 0.1) is 0 Å². The van der Waals surface area contributed by atoms with E-state index in [4.69, 9.17) is 5.73 Å². The van der Waals surface area contributed by atoms with Crippen molar-refractivity contribution in [2.24, 2.45) is 0 Å². The summed E-state index contributed by atoms with van der Waals surface area (Å²) in [6.07, 6.45) is 0. The van der Waals surface area contributed by atoms with Gasteiger partial charge in [-0.25, -0.2) is 0 Å². The minimum Gasteiger partial charge on any atom is -0.398 e. The van der Waals surface area contributed by atoms with E-state index in [2.05, 4.69) is 16.8 Å². The summed E-state index contributed by atoms with van der Waals surface area (Å²) in [6.45, 7) is 10.6. The predicted octanol–water partition coefficient (Wildman–Crippen LogP) is 1.50. The summed E-state index contributed by atoms with van der Waals surface area (Å²) in [4.78, 5) is 18.9. The van der Waals surface area contributed by atoms with Gasteiger partial charge in [-0.3, -0.25) is 9.69 Å². The summed E-state index contributed by atoms with van der Waals surface area (Å²) >= 11 is 0. The second kappa shape index (κ2) is 7.61. The van der Waals surface area contributed by atoms with Gasteiger partial charge in [0, 0.05) is 57.1 Å². The van der Waals surface area contributed by atoms with E-state index < -0.39 is 0 Å². The molecule has 5 nitrogen and oxygen atoms in total. The third-order valence-electron chi connectivity index (χ3n) is 4.43. The summed E-state index contributed by atoms with van der Waals surface area (Å²) in [5, 5.41) is 0. The molecule has 0 aliphatic carbocycles. The van der Waals surface area contributed by atoms with Crippen molar-refractivity contribution < 1.29 is 4.79 Å². The second-order valence-electron chi connectivity index (χ2n) is 5.97. The van der Waals surface area contributed by atoms with Gasteiger partial charge in [0.2, 0.25) is 0 Å². The Balaban J connectivity index is 2.05. The van der Waals surface area contributed by atoms with Gasteiger partial charge in [0.1, 0.15) is 0 Å². The molecule has 122 valence electrons. The zero-order valence-corrected chi connectivity index (χ0v) is 14.0. The molecule has 2 rings (SSSR count). The number of nitrogens with two attached hydrogens (primary N) is 1. The molecule has 2 N–H and O–H groups in total. The molecule has 1 amide bonds. The number of piperazine rings is 1. The number of hydrogen-bond acceptors (Lipinski definition) is 4. The molecule has 1 aromatic carbocycles. The molecular weight excluding hydrogens is 276 g/mol. The molecule has 1 heterocycles. The van der Waals surface area contributed by atoms with Gasteiger partial charge >= 0.3 is 0 Å². The number of nitrogen functional groups attached to an aromatic ring is 1. The Morgan fingerprint density at radius 2 is 1.82 bits per heavy atom. The van der Waals surface area contributed by atoms with Gasteiger partial charge in [-0.15, -0.1) is 0 Å². The number of benzene rings is 1. The molecule has 1 aliphatic rings. The maximum absolute atomic E-state index is 12.4. The van der Waals surface area contributed by atoms with Gasteiger partial charge in [0.15, 0.2) is 0 Å². The lowest BCUT2D eigenvalue weighted by Gasteiger charge is -2.32. The first-order valence-corrected chi connectivity index (χ1v) is 8.13. The van der Waals surface area contributed by atoms with Crippen LogP contribution < -0.4 is 5.73 Å². The van der Waals surface area contributed by atoms with Crippen molar-refractivity contribution in [2.75, 3.05) is 52.0 Å². The molecule has 0 bridgehead atoms. The smallest absolute Gasteiger partial charge is 0.253 e. The molecule has 0 radical (unpaired) electrons. The van der Waals surface area contributed by atoms with Crippen molar-refractivity contribution in [1.82, 2.24) is 14.7 Å². The summed E-state index contributed by atoms with van der Waals surface area (Å²) in [7, 11) is 2.15. The fourth-order valence-electron chi connectivity index (χ4n) is 2.81. The average Bonchev–Trinajstić information content (AvgIpc) is 2.52. The third-order valence-corrected chi connectivity index (χ3v) is 4.43. The van der Waals surface area contributed by atoms with E-state index in [1.54, 1.807) is 0 Å². The Kier molecular flexibility index (Phi) is 5.80. The molecule has 0 atom stereocenters. The van der Waals surface area contributed by atoms with E-state index in [9.17, 15) is 4.79 Å². The average molecular weight is 304 g/mol. The molecule has 0 unspecified atom stereocenters. The molecule has 0 spiro atoms. The van der Waals surface area contributed by atoms with Crippen LogP contribution >= 0.6 is 0 Å². The van der Waals surface area contributed by atoms with Gasteiger partial charge in [-0.05, 0) is 38.6 Å². The lowest BCUT2D eigenvalue weighted by Crippen LogP contribution is -2.43. The van der Waals surface area contributed by atoms with Crippen molar-refractivity contribution in [3.05, 3.63) is 29.3 Å². The molecular formula is C17H28N4O. The summed E-state index contributed by atoms with van der Waals surface area (Å²) in [5.41, 5.74) is 8.69. The molecule has 1 aromatic rings. The van der Waals surface area contributed by atoms with Crippen molar-refractivity contribution >= 4 is 11.6 Å². The number of amides is 1. The van der Waals surface area contributed by atoms with E-state index >= 15 is 0 Å². The highest BCUT2D eigenvalue weighted by molar-refractivity contribution is 5.95. The number of nitrogens with zero attached hydrogens (tertiary/aromatic N) is 3. The predicted molar refractivity (Wildman–Crippen MR) is 90.9 cm³/mol. The van der Waals surface area contributed by atoms with Crippen LogP contribution in [-0.4, -0.2) is 66.9 Å². The first-order valence-electron chi connectivity index (χ1n) is 8.13. The maximum Gasteiger partial charge on any atom is 0.253 e. The Morgan fingerprint density at radius 3 is 2.36 bits per heavy atom. The second-order valence-corrected chi connectivity index (χ2v) is 5.97. The highest BCUT2D eigenvalue weighted by atomic mass is 16.2. The van der Waals surface area contributed by atoms with E-state index in [0.29, 0.717) is 5.56 Å². The van der Waals surface area contributed by atoms with Gasteiger partial charge in [-0.1, -0.05) is 6.07 Å². The molecule has 1 saturated heterocycles. The zero-order valence-electron chi connectivity index (χ0n) is 14.0. The van der Waals surface area contributed by atoms with Crippen LogP contribution in [0.4, 0.5) is 5.69 Å². The number of rotatable bonds is 5. The fraction of sp³-hybridized carbons (Fsp3) is 0.588. The summed E-state index contributed by atoms with van der Waals surface area (Å²) in [6, 6.07) is 5.73. The minimum absolute atomic E-state index is 0.0582. The number of anilines is 1. The highest BCUT2D eigenvalue weighted by Gasteiger charge is 2.17. The van der Waals surface area contributed by atoms with E-state index in [1.165, 1.54) is 0 Å². The van der Waals surface area contributed by atoms with Crippen molar-refractivity contribution in [3.63, 3.8) is 0 Å². The first-order chi connectivity index (χ1) is 10.5. The molecule has 22 heavy (non-hydrogen) atoms. The molecule has 1 aliphatic heterocycles. The molecule has 1 fully saturated rings. The fourth-order valence-corrected chi connectivity index (χ4v) is 2.81. The van der Waals surface area contributed by atoms with Crippen LogP contribution in [0.25, 0.3) is 0 Å². The Morgan fingerprint density at radius 1 is 1.18 bits per heavy atom. The Hall–Kier alpha value is -1.59. The Bertz CT molecular complexity index is 505. The first kappa shape index (κ1) is 16.8. The number of carbonyl (C=O) groups is 1. The van der Waals surface area contributed by atoms with Gasteiger partial charge in [-0.2, -0.15) is 0 Å². The van der Waals surface area contributed by atoms with Crippen molar-refractivity contribution in [1.29, 1.82) is 0 Å². The van der Waals surface area contributed by atoms with Gasteiger partial charge in [0.25, 0.3) is 5.91 Å². The van der Waals surface area contributed by atoms with Crippen LogP contribution in [-0.2, 0) is 6.54 Å². The number of carbonyl (C=O) groups excluding carboxylic acids is 1. The standard InChI is InChI=1S/C17H28N4O/c1-4-21(5-2)17(22)14-6-7-15(16(18)12-14)13-20-10-8-19(3)9-11-20/h6-7,12H,4-5,8-11,13,18H2,1-3H3. The monoisotopic (exact) mass is 304 g/mol. The van der Waals surface area contributed by atoms with Crippen LogP contribution in [0.1, 0.15) is 29.8 Å². The van der Waals surface area contributed by atoms with Crippen molar-refractivity contribution in [3.8, 4) is 0 Å². The number of likely N-dealkylation sites (N-methyl/N-ethyl adjacent to an activating group) is 1. The lowest BCUT2D eigenvalue weighted by atomic mass is 10.1. The summed E-state index contributed by atoms with van der Waals surface area (Å²) in [5.74, 6) is 0.0582. The lowest BCUT2D eigenvalue weighted by molar-refractivity contribution is 0.0773. The SMILES string of the molecule is CCN(CC)C(=O)c1ccc(CN2CCN(C)CC2)c(N)c1. The van der Waals surface area contributed by atoms with Crippen LogP contribution in [0.3, 0.4) is 0 Å². The molecule has 5 heteroatoms. The highest BCUT2D eigenvalue weighted by Crippen LogP contribution is 2.18. The van der Waals surface area contributed by atoms with E-state index in [1.807, 2.05) is 36.9 Å². The topological polar surface area (TPSA) is 52.8 Å². The van der Waals surface area contributed by atoms with E-state index in [-0.39, 0.29) is 5.91 Å². The minimum atomic E-state index is 0.0582.